The van der Waals surface area contributed by atoms with Crippen LogP contribution in [-0.2, 0) is 12.4 Å². The first-order chi connectivity index (χ1) is 15.9. The first-order valence-corrected chi connectivity index (χ1v) is 9.78. The van der Waals surface area contributed by atoms with E-state index in [4.69, 9.17) is 5.73 Å². The molecule has 174 valence electrons. The zero-order chi connectivity index (χ0) is 24.7. The van der Waals surface area contributed by atoms with Gasteiger partial charge in [0.25, 0.3) is 0 Å². The minimum Gasteiger partial charge on any atom is -0.366 e. The second kappa shape index (κ2) is 8.36. The molecule has 3 aromatic carbocycles. The zero-order valence-electron chi connectivity index (χ0n) is 17.2. The number of amides is 1. The highest BCUT2D eigenvalue weighted by atomic mass is 19.4. The van der Waals surface area contributed by atoms with E-state index in [0.717, 1.165) is 16.8 Å². The Balaban J connectivity index is 1.69. The van der Waals surface area contributed by atoms with Crippen molar-refractivity contribution in [2.24, 2.45) is 5.73 Å². The lowest BCUT2D eigenvalue weighted by Crippen LogP contribution is -2.11. The van der Waals surface area contributed by atoms with Gasteiger partial charge in [0.15, 0.2) is 5.69 Å². The Kier molecular flexibility index (Phi) is 5.68. The first kappa shape index (κ1) is 23.1. The minimum absolute atomic E-state index is 0.176. The monoisotopic (exact) mass is 475 g/mol. The van der Waals surface area contributed by atoms with E-state index in [1.807, 2.05) is 0 Å². The number of rotatable bonds is 4. The summed E-state index contributed by atoms with van der Waals surface area (Å²) in [6, 6.07) is 16.0. The lowest BCUT2D eigenvalue weighted by Gasteiger charge is -2.09. The van der Waals surface area contributed by atoms with Crippen LogP contribution >= 0.6 is 0 Å². The summed E-state index contributed by atoms with van der Waals surface area (Å²) in [6.07, 6.45) is -7.98. The highest BCUT2D eigenvalue weighted by molar-refractivity contribution is 5.92. The van der Waals surface area contributed by atoms with Gasteiger partial charge in [-0.1, -0.05) is 36.4 Å². The van der Waals surface area contributed by atoms with Crippen molar-refractivity contribution in [1.29, 1.82) is 0 Å². The van der Waals surface area contributed by atoms with E-state index >= 15 is 0 Å². The fraction of sp³-hybridized carbons (Fsp3) is 0.0833. The maximum atomic E-state index is 13.7. The van der Waals surface area contributed by atoms with Crippen molar-refractivity contribution in [1.82, 2.24) is 9.78 Å². The molecule has 1 aromatic heterocycles. The van der Waals surface area contributed by atoms with Gasteiger partial charge in [0, 0.05) is 17.3 Å². The standard InChI is InChI=1S/C24H15F6N3O/c25-23(26,27)18-9-5-15(6-10-18)14-1-3-16(4-2-14)20-13-33(32-21(20)24(28,29)30)19-11-7-17(8-12-19)22(31)34/h1-13H,(H2,31,34). The van der Waals surface area contributed by atoms with Gasteiger partial charge < -0.3 is 5.73 Å². The number of hydrogen-bond acceptors (Lipinski definition) is 2. The maximum Gasteiger partial charge on any atom is 0.435 e. The van der Waals surface area contributed by atoms with E-state index in [0.29, 0.717) is 16.8 Å². The van der Waals surface area contributed by atoms with Crippen molar-refractivity contribution in [3.8, 4) is 27.9 Å². The summed E-state index contributed by atoms with van der Waals surface area (Å²) in [5.41, 5.74) is 4.86. The van der Waals surface area contributed by atoms with Crippen molar-refractivity contribution < 1.29 is 31.1 Å². The fourth-order valence-electron chi connectivity index (χ4n) is 3.40. The molecule has 1 amide bonds. The molecule has 0 aliphatic heterocycles. The minimum atomic E-state index is -4.74. The van der Waals surface area contributed by atoms with Crippen LogP contribution in [0.15, 0.2) is 79.0 Å². The molecule has 34 heavy (non-hydrogen) atoms. The predicted molar refractivity (Wildman–Crippen MR) is 113 cm³/mol. The maximum absolute atomic E-state index is 13.7. The second-order valence-electron chi connectivity index (χ2n) is 7.40. The van der Waals surface area contributed by atoms with Gasteiger partial charge in [0.1, 0.15) is 0 Å². The summed E-state index contributed by atoms with van der Waals surface area (Å²) in [7, 11) is 0. The van der Waals surface area contributed by atoms with Crippen LogP contribution in [0.3, 0.4) is 0 Å². The van der Waals surface area contributed by atoms with E-state index in [2.05, 4.69) is 5.10 Å². The molecule has 0 spiro atoms. The topological polar surface area (TPSA) is 60.9 Å². The Bertz CT molecular complexity index is 1320. The molecule has 4 nitrogen and oxygen atoms in total. The average molecular weight is 475 g/mol. The highest BCUT2D eigenvalue weighted by Crippen LogP contribution is 2.37. The lowest BCUT2D eigenvalue weighted by atomic mass is 9.99. The number of hydrogen-bond donors (Lipinski definition) is 1. The van der Waals surface area contributed by atoms with Crippen molar-refractivity contribution in [2.45, 2.75) is 12.4 Å². The number of nitrogens with two attached hydrogens (primary N) is 1. The molecule has 2 N–H and O–H groups in total. The molecule has 4 rings (SSSR count). The molecule has 0 atom stereocenters. The van der Waals surface area contributed by atoms with Crippen molar-refractivity contribution in [3.05, 3.63) is 95.8 Å². The second-order valence-corrected chi connectivity index (χ2v) is 7.40. The summed E-state index contributed by atoms with van der Waals surface area (Å²) in [5.74, 6) is -0.670. The van der Waals surface area contributed by atoms with Crippen LogP contribution in [-0.4, -0.2) is 15.7 Å². The molecular weight excluding hydrogens is 460 g/mol. The molecule has 0 bridgehead atoms. The molecule has 10 heteroatoms. The number of carbonyl (C=O) groups excluding carboxylic acids is 1. The molecule has 1 heterocycles. The third kappa shape index (κ3) is 4.66. The van der Waals surface area contributed by atoms with E-state index in [9.17, 15) is 31.1 Å². The van der Waals surface area contributed by atoms with Gasteiger partial charge in [0.05, 0.1) is 11.3 Å². The van der Waals surface area contributed by atoms with Gasteiger partial charge in [-0.05, 0) is 53.1 Å². The Hall–Kier alpha value is -4.08. The molecule has 4 aromatic rings. The fourth-order valence-corrected chi connectivity index (χ4v) is 3.40. The van der Waals surface area contributed by atoms with Crippen LogP contribution in [0.2, 0.25) is 0 Å². The SMILES string of the molecule is NC(=O)c1ccc(-n2cc(-c3ccc(-c4ccc(C(F)(F)F)cc4)cc3)c(C(F)(F)F)n2)cc1. The Morgan fingerprint density at radius 2 is 1.21 bits per heavy atom. The molecule has 0 unspecified atom stereocenters. The smallest absolute Gasteiger partial charge is 0.366 e. The average Bonchev–Trinajstić information content (AvgIpc) is 3.25. The van der Waals surface area contributed by atoms with Crippen LogP contribution < -0.4 is 5.73 Å². The summed E-state index contributed by atoms with van der Waals surface area (Å²) in [6.45, 7) is 0. The largest absolute Gasteiger partial charge is 0.435 e. The van der Waals surface area contributed by atoms with Crippen LogP contribution in [0.1, 0.15) is 21.6 Å². The van der Waals surface area contributed by atoms with Gasteiger partial charge in [0.2, 0.25) is 5.91 Å². The van der Waals surface area contributed by atoms with Crippen molar-refractivity contribution >= 4 is 5.91 Å². The normalized spacial score (nSPS) is 12.1. The molecular formula is C24H15F6N3O. The predicted octanol–water partition coefficient (Wildman–Crippen LogP) is 6.34. The third-order valence-corrected chi connectivity index (χ3v) is 5.14. The van der Waals surface area contributed by atoms with Gasteiger partial charge in [-0.25, -0.2) is 4.68 Å². The van der Waals surface area contributed by atoms with Crippen LogP contribution in [0, 0.1) is 0 Å². The van der Waals surface area contributed by atoms with E-state index in [1.165, 1.54) is 66.9 Å². The van der Waals surface area contributed by atoms with Gasteiger partial charge in [-0.2, -0.15) is 31.4 Å². The van der Waals surface area contributed by atoms with Gasteiger partial charge in [-0.3, -0.25) is 4.79 Å². The van der Waals surface area contributed by atoms with Crippen LogP contribution in [0.25, 0.3) is 27.9 Å². The summed E-state index contributed by atoms with van der Waals surface area (Å²) in [5, 5.41) is 3.68. The summed E-state index contributed by atoms with van der Waals surface area (Å²) >= 11 is 0. The van der Waals surface area contributed by atoms with E-state index in [1.54, 1.807) is 0 Å². The number of nitrogens with zero attached hydrogens (tertiary/aromatic N) is 2. The van der Waals surface area contributed by atoms with Crippen molar-refractivity contribution in [2.75, 3.05) is 0 Å². The van der Waals surface area contributed by atoms with Crippen LogP contribution in [0.4, 0.5) is 26.3 Å². The van der Waals surface area contributed by atoms with Gasteiger partial charge >= 0.3 is 12.4 Å². The van der Waals surface area contributed by atoms with Crippen molar-refractivity contribution in [3.63, 3.8) is 0 Å². The molecule has 0 saturated heterocycles. The van der Waals surface area contributed by atoms with Crippen LogP contribution in [0.5, 0.6) is 0 Å². The number of aromatic nitrogens is 2. The number of benzene rings is 3. The summed E-state index contributed by atoms with van der Waals surface area (Å²) < 4.78 is 80.4. The first-order valence-electron chi connectivity index (χ1n) is 9.78. The number of carbonyl (C=O) groups is 1. The molecule has 0 fully saturated rings. The van der Waals surface area contributed by atoms with E-state index < -0.39 is 29.5 Å². The third-order valence-electron chi connectivity index (χ3n) is 5.14. The summed E-state index contributed by atoms with van der Waals surface area (Å²) in [4.78, 5) is 11.2. The Morgan fingerprint density at radius 3 is 1.68 bits per heavy atom. The Labute approximate surface area is 189 Å². The van der Waals surface area contributed by atoms with Gasteiger partial charge in [-0.15, -0.1) is 0 Å². The number of primary amides is 1. The highest BCUT2D eigenvalue weighted by Gasteiger charge is 2.37. The lowest BCUT2D eigenvalue weighted by molar-refractivity contribution is -0.141. The number of halogens is 6. The Morgan fingerprint density at radius 1 is 0.706 bits per heavy atom. The zero-order valence-corrected chi connectivity index (χ0v) is 17.2. The molecule has 0 aliphatic rings. The quantitative estimate of drug-likeness (QED) is 0.350. The molecule has 0 saturated carbocycles. The molecule has 0 radical (unpaired) electrons. The number of alkyl halides is 6. The van der Waals surface area contributed by atoms with E-state index in [-0.39, 0.29) is 16.7 Å². The molecule has 0 aliphatic carbocycles.